The van der Waals surface area contributed by atoms with Crippen molar-refractivity contribution in [2.24, 2.45) is 0 Å². The molecule has 0 bridgehead atoms. The van der Waals surface area contributed by atoms with E-state index in [0.717, 1.165) is 28.2 Å². The number of rotatable bonds is 6. The third-order valence-corrected chi connectivity index (χ3v) is 7.44. The van der Waals surface area contributed by atoms with Gasteiger partial charge < -0.3 is 4.74 Å². The maximum Gasteiger partial charge on any atom is 0.271 e. The smallest absolute Gasteiger partial charge is 0.271 e. The predicted octanol–water partition coefficient (Wildman–Crippen LogP) is 4.49. The fraction of sp³-hybridized carbons (Fsp3) is 0.0952. The molecule has 0 atom stereocenters. The number of fused-ring (bicyclic) bond motifs is 3. The van der Waals surface area contributed by atoms with E-state index in [1.807, 2.05) is 35.6 Å². The first-order valence-corrected chi connectivity index (χ1v) is 11.9. The summed E-state index contributed by atoms with van der Waals surface area (Å²) in [5, 5.41) is 10.2. The fourth-order valence-electron chi connectivity index (χ4n) is 3.24. The van der Waals surface area contributed by atoms with Gasteiger partial charge in [-0.05, 0) is 47.8 Å². The SMILES string of the molecule is CCc1nnc2c(Oc3ccc(NS(=O)(=O)c4cccs4)cc3)nc3ccccc3n12. The van der Waals surface area contributed by atoms with Crippen LogP contribution in [0.25, 0.3) is 16.7 Å². The van der Waals surface area contributed by atoms with Crippen molar-refractivity contribution in [3.63, 3.8) is 0 Å². The van der Waals surface area contributed by atoms with E-state index in [1.165, 1.54) is 0 Å². The Hall–Kier alpha value is -3.50. The van der Waals surface area contributed by atoms with Gasteiger partial charge in [0.1, 0.15) is 15.8 Å². The number of hydrogen-bond acceptors (Lipinski definition) is 7. The summed E-state index contributed by atoms with van der Waals surface area (Å²) in [7, 11) is -3.60. The zero-order valence-electron chi connectivity index (χ0n) is 16.4. The zero-order valence-corrected chi connectivity index (χ0v) is 18.0. The van der Waals surface area contributed by atoms with Crippen molar-refractivity contribution < 1.29 is 13.2 Å². The van der Waals surface area contributed by atoms with Crippen molar-refractivity contribution in [2.75, 3.05) is 4.72 Å². The Balaban J connectivity index is 1.47. The highest BCUT2D eigenvalue weighted by atomic mass is 32.2. The quantitative estimate of drug-likeness (QED) is 0.408. The maximum atomic E-state index is 12.4. The second-order valence-electron chi connectivity index (χ2n) is 6.70. The van der Waals surface area contributed by atoms with Crippen LogP contribution < -0.4 is 9.46 Å². The van der Waals surface area contributed by atoms with Crippen LogP contribution in [0.3, 0.4) is 0 Å². The van der Waals surface area contributed by atoms with Crippen LogP contribution in [-0.2, 0) is 16.4 Å². The van der Waals surface area contributed by atoms with E-state index in [0.29, 0.717) is 29.4 Å². The molecule has 0 aliphatic rings. The first-order chi connectivity index (χ1) is 15.0. The van der Waals surface area contributed by atoms with Gasteiger partial charge in [0.2, 0.25) is 5.65 Å². The molecule has 3 aromatic heterocycles. The molecule has 8 nitrogen and oxygen atoms in total. The molecule has 10 heteroatoms. The number of benzene rings is 2. The minimum Gasteiger partial charge on any atom is -0.436 e. The summed E-state index contributed by atoms with van der Waals surface area (Å²) in [5.74, 6) is 1.65. The van der Waals surface area contributed by atoms with Crippen LogP contribution in [0.5, 0.6) is 11.6 Å². The van der Waals surface area contributed by atoms with Crippen molar-refractivity contribution >= 4 is 43.7 Å². The summed E-state index contributed by atoms with van der Waals surface area (Å²) in [6.45, 7) is 2.02. The predicted molar refractivity (Wildman–Crippen MR) is 119 cm³/mol. The largest absolute Gasteiger partial charge is 0.436 e. The van der Waals surface area contributed by atoms with Gasteiger partial charge in [-0.1, -0.05) is 25.1 Å². The number of thiophene rings is 1. The number of aromatic nitrogens is 4. The van der Waals surface area contributed by atoms with E-state index in [-0.39, 0.29) is 4.21 Å². The van der Waals surface area contributed by atoms with E-state index in [9.17, 15) is 8.42 Å². The first kappa shape index (κ1) is 19.5. The average molecular weight is 452 g/mol. The molecular weight excluding hydrogens is 434 g/mol. The highest BCUT2D eigenvalue weighted by molar-refractivity contribution is 7.94. The number of aryl methyl sites for hydroxylation is 1. The molecule has 0 fully saturated rings. The van der Waals surface area contributed by atoms with Crippen LogP contribution >= 0.6 is 11.3 Å². The first-order valence-electron chi connectivity index (χ1n) is 9.52. The standard InChI is InChI=1S/C21H17N5O3S2/c1-2-18-23-24-20-21(22-16-6-3-4-7-17(16)26(18)20)29-15-11-9-14(10-12-15)25-31(27,28)19-8-5-13-30-19/h3-13,25H,2H2,1H3. The van der Waals surface area contributed by atoms with Crippen LogP contribution in [-0.4, -0.2) is 28.0 Å². The van der Waals surface area contributed by atoms with Crippen molar-refractivity contribution in [3.8, 4) is 11.6 Å². The minimum atomic E-state index is -3.60. The van der Waals surface area contributed by atoms with Gasteiger partial charge in [-0.15, -0.1) is 21.5 Å². The lowest BCUT2D eigenvalue weighted by atomic mass is 10.3. The number of ether oxygens (including phenoxy) is 1. The lowest BCUT2D eigenvalue weighted by Crippen LogP contribution is -2.11. The molecule has 5 rings (SSSR count). The Kier molecular flexibility index (Phi) is 4.79. The Morgan fingerprint density at radius 2 is 1.84 bits per heavy atom. The molecular formula is C21H17N5O3S2. The molecule has 0 unspecified atom stereocenters. The number of para-hydroxylation sites is 2. The van der Waals surface area contributed by atoms with E-state index < -0.39 is 10.0 Å². The van der Waals surface area contributed by atoms with Crippen LogP contribution in [0.15, 0.2) is 70.3 Å². The molecule has 5 aromatic rings. The van der Waals surface area contributed by atoms with Crippen molar-refractivity contribution in [2.45, 2.75) is 17.6 Å². The third kappa shape index (κ3) is 3.60. The monoisotopic (exact) mass is 451 g/mol. The van der Waals surface area contributed by atoms with Crippen LogP contribution in [0.4, 0.5) is 5.69 Å². The lowest BCUT2D eigenvalue weighted by molar-refractivity contribution is 0.467. The van der Waals surface area contributed by atoms with Crippen LogP contribution in [0.2, 0.25) is 0 Å². The Morgan fingerprint density at radius 3 is 2.58 bits per heavy atom. The maximum absolute atomic E-state index is 12.4. The summed E-state index contributed by atoms with van der Waals surface area (Å²) >= 11 is 1.16. The van der Waals surface area contributed by atoms with E-state index in [4.69, 9.17) is 4.74 Å². The number of nitrogens with one attached hydrogen (secondary N) is 1. The molecule has 2 aromatic carbocycles. The van der Waals surface area contributed by atoms with Crippen LogP contribution in [0, 0.1) is 0 Å². The van der Waals surface area contributed by atoms with Gasteiger partial charge in [0.05, 0.1) is 11.0 Å². The summed E-state index contributed by atoms with van der Waals surface area (Å²) in [4.78, 5) is 4.61. The van der Waals surface area contributed by atoms with Crippen LogP contribution in [0.1, 0.15) is 12.7 Å². The lowest BCUT2D eigenvalue weighted by Gasteiger charge is -2.10. The van der Waals surface area contributed by atoms with Gasteiger partial charge in [-0.25, -0.2) is 13.4 Å². The van der Waals surface area contributed by atoms with Gasteiger partial charge in [-0.3, -0.25) is 9.12 Å². The van der Waals surface area contributed by atoms with Gasteiger partial charge in [0.15, 0.2) is 0 Å². The Morgan fingerprint density at radius 1 is 1.03 bits per heavy atom. The van der Waals surface area contributed by atoms with E-state index >= 15 is 0 Å². The molecule has 1 N–H and O–H groups in total. The molecule has 3 heterocycles. The molecule has 0 aliphatic carbocycles. The molecule has 0 spiro atoms. The average Bonchev–Trinajstić information content (AvgIpc) is 3.46. The van der Waals surface area contributed by atoms with Gasteiger partial charge >= 0.3 is 0 Å². The van der Waals surface area contributed by atoms with Gasteiger partial charge in [-0.2, -0.15) is 0 Å². The molecule has 31 heavy (non-hydrogen) atoms. The van der Waals surface area contributed by atoms with Crippen molar-refractivity contribution in [1.82, 2.24) is 19.6 Å². The molecule has 0 amide bonds. The summed E-state index contributed by atoms with van der Waals surface area (Å²) in [6, 6.07) is 17.6. The highest BCUT2D eigenvalue weighted by Gasteiger charge is 2.17. The summed E-state index contributed by atoms with van der Waals surface area (Å²) in [5.41, 5.74) is 2.64. The molecule has 156 valence electrons. The molecule has 0 saturated heterocycles. The molecule has 0 radical (unpaired) electrons. The number of anilines is 1. The highest BCUT2D eigenvalue weighted by Crippen LogP contribution is 2.29. The third-order valence-electron chi connectivity index (χ3n) is 4.66. The topological polar surface area (TPSA) is 98.5 Å². The molecule has 0 aliphatic heterocycles. The minimum absolute atomic E-state index is 0.258. The van der Waals surface area contributed by atoms with Gasteiger partial charge in [0.25, 0.3) is 15.9 Å². The Bertz CT molecular complexity index is 1480. The second kappa shape index (κ2) is 7.64. The fourth-order valence-corrected chi connectivity index (χ4v) is 5.29. The summed E-state index contributed by atoms with van der Waals surface area (Å²) < 4.78 is 35.5. The number of nitrogens with zero attached hydrogens (tertiary/aromatic N) is 4. The van der Waals surface area contributed by atoms with E-state index in [2.05, 4.69) is 19.9 Å². The van der Waals surface area contributed by atoms with Gasteiger partial charge in [0, 0.05) is 12.1 Å². The van der Waals surface area contributed by atoms with Crippen molar-refractivity contribution in [3.05, 3.63) is 71.9 Å². The normalized spacial score (nSPS) is 11.8. The van der Waals surface area contributed by atoms with Crippen molar-refractivity contribution in [1.29, 1.82) is 0 Å². The molecule has 0 saturated carbocycles. The Labute approximate surface area is 182 Å². The number of hydrogen-bond donors (Lipinski definition) is 1. The second-order valence-corrected chi connectivity index (χ2v) is 9.56. The summed E-state index contributed by atoms with van der Waals surface area (Å²) in [6.07, 6.45) is 0.716. The van der Waals surface area contributed by atoms with E-state index in [1.54, 1.807) is 41.8 Å². The number of sulfonamides is 1. The zero-order chi connectivity index (χ0) is 21.4.